The van der Waals surface area contributed by atoms with Gasteiger partial charge in [0, 0.05) is 19.6 Å². The van der Waals surface area contributed by atoms with Crippen molar-refractivity contribution in [3.63, 3.8) is 0 Å². The molecular formula is C26H23F4N3O4S. The first kappa shape index (κ1) is 27.4. The van der Waals surface area contributed by atoms with Crippen LogP contribution in [0.25, 0.3) is 0 Å². The number of alkyl halides is 3. The van der Waals surface area contributed by atoms with E-state index in [4.69, 9.17) is 0 Å². The van der Waals surface area contributed by atoms with Gasteiger partial charge in [-0.3, -0.25) is 24.1 Å². The molecule has 0 radical (unpaired) electrons. The summed E-state index contributed by atoms with van der Waals surface area (Å²) < 4.78 is 53.6. The minimum atomic E-state index is -4.83. The summed E-state index contributed by atoms with van der Waals surface area (Å²) in [6.45, 7) is -0.104. The van der Waals surface area contributed by atoms with E-state index in [0.717, 1.165) is 15.4 Å². The van der Waals surface area contributed by atoms with Gasteiger partial charge in [0.05, 0.1) is 16.0 Å². The summed E-state index contributed by atoms with van der Waals surface area (Å²) in [6.07, 6.45) is -3.93. The largest absolute Gasteiger partial charge is 0.417 e. The van der Waals surface area contributed by atoms with Crippen LogP contribution in [0.15, 0.2) is 59.0 Å². The maximum Gasteiger partial charge on any atom is 0.417 e. The maximum atomic E-state index is 13.6. The molecule has 2 heterocycles. The molecule has 0 spiro atoms. The zero-order valence-electron chi connectivity index (χ0n) is 20.0. The molecule has 2 fully saturated rings. The number of rotatable bonds is 6. The summed E-state index contributed by atoms with van der Waals surface area (Å²) >= 11 is 0.700. The van der Waals surface area contributed by atoms with E-state index in [0.29, 0.717) is 48.5 Å². The van der Waals surface area contributed by atoms with Crippen molar-refractivity contribution in [2.75, 3.05) is 26.2 Å². The third-order valence-electron chi connectivity index (χ3n) is 6.22. The molecule has 38 heavy (non-hydrogen) atoms. The molecule has 2 aliphatic heterocycles. The summed E-state index contributed by atoms with van der Waals surface area (Å²) in [5.41, 5.74) is -0.391. The fourth-order valence-corrected chi connectivity index (χ4v) is 5.24. The Kier molecular flexibility index (Phi) is 8.20. The Morgan fingerprint density at radius 2 is 1.68 bits per heavy atom. The third-order valence-corrected chi connectivity index (χ3v) is 7.28. The highest BCUT2D eigenvalue weighted by atomic mass is 32.2. The van der Waals surface area contributed by atoms with Gasteiger partial charge in [-0.1, -0.05) is 30.3 Å². The smallest absolute Gasteiger partial charge is 0.354 e. The summed E-state index contributed by atoms with van der Waals surface area (Å²) in [4.78, 5) is 52.6. The van der Waals surface area contributed by atoms with E-state index in [-0.39, 0.29) is 30.8 Å². The Morgan fingerprint density at radius 1 is 1.00 bits per heavy atom. The number of piperidine rings is 1. The lowest BCUT2D eigenvalue weighted by Gasteiger charge is -2.30. The zero-order valence-corrected chi connectivity index (χ0v) is 20.8. The highest BCUT2D eigenvalue weighted by Gasteiger charge is 2.40. The van der Waals surface area contributed by atoms with Gasteiger partial charge in [0.2, 0.25) is 5.91 Å². The molecule has 12 heteroatoms. The highest BCUT2D eigenvalue weighted by Crippen LogP contribution is 2.37. The Labute approximate surface area is 219 Å². The molecule has 0 aromatic heterocycles. The van der Waals surface area contributed by atoms with Crippen LogP contribution in [-0.4, -0.2) is 58.9 Å². The first-order valence-corrected chi connectivity index (χ1v) is 12.6. The van der Waals surface area contributed by atoms with Crippen LogP contribution in [-0.2, 0) is 22.2 Å². The summed E-state index contributed by atoms with van der Waals surface area (Å²) in [5, 5.41) is 2.09. The lowest BCUT2D eigenvalue weighted by Crippen LogP contribution is -2.40. The number of hydrogen-bond acceptors (Lipinski definition) is 5. The van der Waals surface area contributed by atoms with Gasteiger partial charge >= 0.3 is 6.18 Å². The van der Waals surface area contributed by atoms with Gasteiger partial charge in [-0.15, -0.1) is 0 Å². The van der Waals surface area contributed by atoms with Gasteiger partial charge < -0.3 is 10.2 Å². The minimum absolute atomic E-state index is 0.00647. The number of amides is 4. The van der Waals surface area contributed by atoms with E-state index in [1.54, 1.807) is 0 Å². The number of halogens is 4. The van der Waals surface area contributed by atoms with Gasteiger partial charge in [0.1, 0.15) is 12.4 Å². The maximum absolute atomic E-state index is 13.6. The van der Waals surface area contributed by atoms with E-state index in [2.05, 4.69) is 5.32 Å². The molecule has 4 amide bonds. The third kappa shape index (κ3) is 6.24. The zero-order chi connectivity index (χ0) is 27.4. The molecule has 4 rings (SSSR count). The van der Waals surface area contributed by atoms with Crippen molar-refractivity contribution < 1.29 is 36.7 Å². The average Bonchev–Trinajstić information content (AvgIpc) is 3.16. The Morgan fingerprint density at radius 3 is 2.34 bits per heavy atom. The monoisotopic (exact) mass is 549 g/mol. The predicted octanol–water partition coefficient (Wildman–Crippen LogP) is 4.39. The molecule has 0 aliphatic carbocycles. The van der Waals surface area contributed by atoms with Crippen molar-refractivity contribution in [2.45, 2.75) is 25.4 Å². The topological polar surface area (TPSA) is 86.8 Å². The Hall–Kier alpha value is -3.67. The number of thioether (sulfide) groups is 1. The van der Waals surface area contributed by atoms with E-state index >= 15 is 0 Å². The molecule has 1 N–H and O–H groups in total. The minimum Gasteiger partial charge on any atom is -0.354 e. The number of nitrogens with zero attached hydrogens (tertiary/aromatic N) is 2. The average molecular weight is 550 g/mol. The summed E-state index contributed by atoms with van der Waals surface area (Å²) in [6, 6.07) is 11.2. The molecule has 0 bridgehead atoms. The Balaban J connectivity index is 1.36. The molecular weight excluding hydrogens is 526 g/mol. The van der Waals surface area contributed by atoms with E-state index in [1.807, 2.05) is 30.3 Å². The van der Waals surface area contributed by atoms with Crippen LogP contribution >= 0.6 is 11.8 Å². The standard InChI is InChI=1S/C26H23F4N3O4S/c27-18-6-7-20(26(28,29)30)19(14-18)23(35)32-12-9-17(10-13-32)22-24(36)33(25(37)38-22)15-21(34)31-11-8-16-4-2-1-3-5-16/h1-7,14H,8-13,15H2,(H,31,34). The van der Waals surface area contributed by atoms with Crippen LogP contribution in [0.3, 0.4) is 0 Å². The fourth-order valence-electron chi connectivity index (χ4n) is 4.26. The van der Waals surface area contributed by atoms with Gasteiger partial charge in [-0.25, -0.2) is 4.39 Å². The highest BCUT2D eigenvalue weighted by molar-refractivity contribution is 8.18. The lowest BCUT2D eigenvalue weighted by molar-refractivity contribution is -0.138. The summed E-state index contributed by atoms with van der Waals surface area (Å²) in [5.74, 6) is -3.02. The van der Waals surface area contributed by atoms with Gasteiger partial charge in [0.15, 0.2) is 0 Å². The molecule has 200 valence electrons. The van der Waals surface area contributed by atoms with Crippen LogP contribution in [0.2, 0.25) is 0 Å². The molecule has 7 nitrogen and oxygen atoms in total. The van der Waals surface area contributed by atoms with Crippen LogP contribution in [0.5, 0.6) is 0 Å². The molecule has 0 saturated carbocycles. The van der Waals surface area contributed by atoms with Gasteiger partial charge in [0.25, 0.3) is 17.1 Å². The van der Waals surface area contributed by atoms with Crippen molar-refractivity contribution in [1.82, 2.24) is 15.1 Å². The number of nitrogens with one attached hydrogen (secondary N) is 1. The molecule has 0 atom stereocenters. The van der Waals surface area contributed by atoms with Crippen LogP contribution in [0, 0.1) is 5.82 Å². The van der Waals surface area contributed by atoms with Crippen molar-refractivity contribution in [3.05, 3.63) is 81.5 Å². The second-order valence-corrected chi connectivity index (χ2v) is 9.72. The molecule has 2 aromatic rings. The van der Waals surface area contributed by atoms with Crippen LogP contribution in [0.4, 0.5) is 22.4 Å². The van der Waals surface area contributed by atoms with Crippen molar-refractivity contribution in [2.24, 2.45) is 0 Å². The van der Waals surface area contributed by atoms with E-state index in [1.165, 1.54) is 0 Å². The number of carbonyl (C=O) groups excluding carboxylic acids is 4. The first-order valence-electron chi connectivity index (χ1n) is 11.8. The second kappa shape index (κ2) is 11.4. The van der Waals surface area contributed by atoms with Crippen molar-refractivity contribution in [3.8, 4) is 0 Å². The van der Waals surface area contributed by atoms with Crippen LogP contribution < -0.4 is 5.32 Å². The number of likely N-dealkylation sites (tertiary alicyclic amines) is 1. The predicted molar refractivity (Wildman–Crippen MR) is 131 cm³/mol. The van der Waals surface area contributed by atoms with Gasteiger partial charge in [-0.05, 0) is 60.4 Å². The number of carbonyl (C=O) groups is 4. The van der Waals surface area contributed by atoms with Gasteiger partial charge in [-0.2, -0.15) is 13.2 Å². The Bertz CT molecular complexity index is 1290. The second-order valence-electron chi connectivity index (χ2n) is 8.76. The molecule has 0 unspecified atom stereocenters. The van der Waals surface area contributed by atoms with Crippen LogP contribution in [0.1, 0.15) is 34.3 Å². The number of hydrogen-bond donors (Lipinski definition) is 1. The molecule has 2 saturated heterocycles. The first-order chi connectivity index (χ1) is 18.0. The lowest BCUT2D eigenvalue weighted by atomic mass is 10.00. The molecule has 2 aliphatic rings. The fraction of sp³-hybridized carbons (Fsp3) is 0.308. The SMILES string of the molecule is O=C(CN1C(=O)SC(=C2CCN(C(=O)c3cc(F)ccc3C(F)(F)F)CC2)C1=O)NCCc1ccccc1. The van der Waals surface area contributed by atoms with Crippen molar-refractivity contribution in [1.29, 1.82) is 0 Å². The number of imide groups is 1. The summed E-state index contributed by atoms with van der Waals surface area (Å²) in [7, 11) is 0. The van der Waals surface area contributed by atoms with Crippen molar-refractivity contribution >= 4 is 34.7 Å². The normalized spacial score (nSPS) is 16.3. The quantitative estimate of drug-likeness (QED) is 0.427. The number of benzene rings is 2. The van der Waals surface area contributed by atoms with E-state index in [9.17, 15) is 36.7 Å². The van der Waals surface area contributed by atoms with E-state index < -0.39 is 52.6 Å². The molecule has 2 aromatic carbocycles.